The molecular weight excluding hydrogens is 346 g/mol. The van der Waals surface area contributed by atoms with Gasteiger partial charge >= 0.3 is 6.09 Å². The molecule has 0 fully saturated rings. The SMILES string of the molecule is CCCCCCCCCc1cccc(OC(N)=O)c1CCCCCCCCC. The second kappa shape index (κ2) is 16.4. The van der Waals surface area contributed by atoms with Crippen LogP contribution in [-0.2, 0) is 12.8 Å². The Bertz CT molecular complexity index is 527. The van der Waals surface area contributed by atoms with Crippen LogP contribution in [0.4, 0.5) is 4.79 Å². The van der Waals surface area contributed by atoms with Crippen molar-refractivity contribution in [2.45, 2.75) is 117 Å². The van der Waals surface area contributed by atoms with Crippen LogP contribution in [0.25, 0.3) is 0 Å². The summed E-state index contributed by atoms with van der Waals surface area (Å²) in [6.45, 7) is 4.51. The molecule has 0 aliphatic heterocycles. The highest BCUT2D eigenvalue weighted by molar-refractivity contribution is 5.68. The molecule has 0 radical (unpaired) electrons. The molecule has 0 aromatic heterocycles. The van der Waals surface area contributed by atoms with E-state index < -0.39 is 6.09 Å². The number of unbranched alkanes of at least 4 members (excludes halogenated alkanes) is 12. The number of primary amides is 1. The Balaban J connectivity index is 2.51. The molecule has 0 saturated heterocycles. The molecule has 3 heteroatoms. The average Bonchev–Trinajstić information content (AvgIpc) is 2.67. The summed E-state index contributed by atoms with van der Waals surface area (Å²) in [7, 11) is 0. The van der Waals surface area contributed by atoms with Crippen molar-refractivity contribution in [3.05, 3.63) is 29.3 Å². The molecule has 0 saturated carbocycles. The van der Waals surface area contributed by atoms with Gasteiger partial charge in [0.05, 0.1) is 0 Å². The lowest BCUT2D eigenvalue weighted by Crippen LogP contribution is -2.17. The summed E-state index contributed by atoms with van der Waals surface area (Å²) in [4.78, 5) is 11.3. The van der Waals surface area contributed by atoms with Gasteiger partial charge in [-0.2, -0.15) is 0 Å². The second-order valence-corrected chi connectivity index (χ2v) is 8.06. The van der Waals surface area contributed by atoms with Gasteiger partial charge in [-0.25, -0.2) is 4.79 Å². The van der Waals surface area contributed by atoms with Gasteiger partial charge in [0, 0.05) is 0 Å². The molecule has 1 aromatic rings. The van der Waals surface area contributed by atoms with E-state index in [9.17, 15) is 4.79 Å². The Labute approximate surface area is 173 Å². The smallest absolute Gasteiger partial charge is 0.409 e. The van der Waals surface area contributed by atoms with Gasteiger partial charge in [0.2, 0.25) is 0 Å². The fraction of sp³-hybridized carbons (Fsp3) is 0.720. The molecule has 28 heavy (non-hydrogen) atoms. The molecule has 0 unspecified atom stereocenters. The van der Waals surface area contributed by atoms with E-state index in [1.165, 1.54) is 94.6 Å². The van der Waals surface area contributed by atoms with Gasteiger partial charge in [-0.1, -0.05) is 103 Å². The molecule has 0 spiro atoms. The van der Waals surface area contributed by atoms with E-state index in [0.717, 1.165) is 19.3 Å². The van der Waals surface area contributed by atoms with Crippen LogP contribution < -0.4 is 10.5 Å². The zero-order valence-corrected chi connectivity index (χ0v) is 18.4. The highest BCUT2D eigenvalue weighted by Crippen LogP contribution is 2.27. The van der Waals surface area contributed by atoms with Crippen molar-refractivity contribution in [2.75, 3.05) is 0 Å². The van der Waals surface area contributed by atoms with Crippen LogP contribution in [0.2, 0.25) is 0 Å². The van der Waals surface area contributed by atoms with E-state index in [1.807, 2.05) is 12.1 Å². The summed E-state index contributed by atoms with van der Waals surface area (Å²) in [5.74, 6) is 0.666. The third-order valence-corrected chi connectivity index (χ3v) is 5.52. The van der Waals surface area contributed by atoms with Crippen molar-refractivity contribution < 1.29 is 9.53 Å². The standard InChI is InChI=1S/C25H43NO2/c1-3-5-7-9-11-13-15-18-22-19-17-21-24(28-25(26)27)23(22)20-16-14-12-10-8-6-4-2/h17,19,21H,3-16,18,20H2,1-2H3,(H2,26,27). The van der Waals surface area contributed by atoms with Gasteiger partial charge in [0.25, 0.3) is 0 Å². The molecule has 0 heterocycles. The van der Waals surface area contributed by atoms with Crippen molar-refractivity contribution in [1.82, 2.24) is 0 Å². The van der Waals surface area contributed by atoms with E-state index in [0.29, 0.717) is 5.75 Å². The molecule has 2 N–H and O–H groups in total. The largest absolute Gasteiger partial charge is 0.410 e. The monoisotopic (exact) mass is 389 g/mol. The number of carbonyl (C=O) groups excluding carboxylic acids is 1. The molecule has 0 aliphatic carbocycles. The van der Waals surface area contributed by atoms with Crippen molar-refractivity contribution in [3.63, 3.8) is 0 Å². The molecule has 1 amide bonds. The van der Waals surface area contributed by atoms with Gasteiger partial charge in [-0.15, -0.1) is 0 Å². The summed E-state index contributed by atoms with van der Waals surface area (Å²) in [6.07, 6.45) is 19.5. The molecule has 1 rings (SSSR count). The Morgan fingerprint density at radius 2 is 1.25 bits per heavy atom. The Kier molecular flexibility index (Phi) is 14.4. The zero-order valence-electron chi connectivity index (χ0n) is 18.4. The zero-order chi connectivity index (χ0) is 20.5. The number of aryl methyl sites for hydroxylation is 1. The maximum atomic E-state index is 11.3. The Morgan fingerprint density at radius 1 is 0.750 bits per heavy atom. The highest BCUT2D eigenvalue weighted by atomic mass is 16.5. The van der Waals surface area contributed by atoms with Crippen molar-refractivity contribution in [1.29, 1.82) is 0 Å². The van der Waals surface area contributed by atoms with E-state index in [-0.39, 0.29) is 0 Å². The predicted molar refractivity (Wildman–Crippen MR) is 120 cm³/mol. The van der Waals surface area contributed by atoms with Crippen molar-refractivity contribution in [2.24, 2.45) is 5.73 Å². The van der Waals surface area contributed by atoms with Crippen LogP contribution in [0, 0.1) is 0 Å². The molecule has 0 atom stereocenters. The molecule has 1 aromatic carbocycles. The van der Waals surface area contributed by atoms with Gasteiger partial charge in [-0.3, -0.25) is 0 Å². The number of rotatable bonds is 17. The first kappa shape index (κ1) is 24.5. The molecule has 0 aliphatic rings. The number of ether oxygens (including phenoxy) is 1. The van der Waals surface area contributed by atoms with Crippen molar-refractivity contribution >= 4 is 6.09 Å². The number of nitrogens with two attached hydrogens (primary N) is 1. The van der Waals surface area contributed by atoms with E-state index in [1.54, 1.807) is 0 Å². The number of amides is 1. The maximum Gasteiger partial charge on any atom is 0.409 e. The summed E-state index contributed by atoms with van der Waals surface area (Å²) in [5, 5.41) is 0. The average molecular weight is 390 g/mol. The number of benzene rings is 1. The summed E-state index contributed by atoms with van der Waals surface area (Å²) in [5.41, 5.74) is 7.81. The van der Waals surface area contributed by atoms with Crippen LogP contribution in [0.15, 0.2) is 18.2 Å². The van der Waals surface area contributed by atoms with E-state index in [4.69, 9.17) is 10.5 Å². The van der Waals surface area contributed by atoms with Crippen LogP contribution >= 0.6 is 0 Å². The fourth-order valence-electron chi connectivity index (χ4n) is 3.86. The minimum absolute atomic E-state index is 0.666. The minimum Gasteiger partial charge on any atom is -0.410 e. The number of hydrogen-bond acceptors (Lipinski definition) is 2. The number of hydrogen-bond donors (Lipinski definition) is 1. The van der Waals surface area contributed by atoms with Gasteiger partial charge in [-0.05, 0) is 42.9 Å². The summed E-state index contributed by atoms with van der Waals surface area (Å²) < 4.78 is 5.31. The fourth-order valence-corrected chi connectivity index (χ4v) is 3.86. The first-order valence-corrected chi connectivity index (χ1v) is 11.8. The molecule has 3 nitrogen and oxygen atoms in total. The Hall–Kier alpha value is -1.51. The van der Waals surface area contributed by atoms with E-state index >= 15 is 0 Å². The first-order chi connectivity index (χ1) is 13.7. The van der Waals surface area contributed by atoms with Crippen LogP contribution in [0.1, 0.15) is 115 Å². The molecular formula is C25H43NO2. The summed E-state index contributed by atoms with van der Waals surface area (Å²) in [6, 6.07) is 6.07. The van der Waals surface area contributed by atoms with Gasteiger partial charge < -0.3 is 10.5 Å². The second-order valence-electron chi connectivity index (χ2n) is 8.06. The Morgan fingerprint density at radius 3 is 1.79 bits per heavy atom. The lowest BCUT2D eigenvalue weighted by Gasteiger charge is -2.14. The topological polar surface area (TPSA) is 52.3 Å². The van der Waals surface area contributed by atoms with Crippen molar-refractivity contribution in [3.8, 4) is 5.75 Å². The van der Waals surface area contributed by atoms with E-state index in [2.05, 4.69) is 19.9 Å². The third kappa shape index (κ3) is 11.4. The maximum absolute atomic E-state index is 11.3. The minimum atomic E-state index is -0.714. The van der Waals surface area contributed by atoms with Gasteiger partial charge in [0.1, 0.15) is 5.75 Å². The number of carbonyl (C=O) groups is 1. The summed E-state index contributed by atoms with van der Waals surface area (Å²) >= 11 is 0. The quantitative estimate of drug-likeness (QED) is 0.277. The highest BCUT2D eigenvalue weighted by Gasteiger charge is 2.11. The molecule has 0 bridgehead atoms. The lowest BCUT2D eigenvalue weighted by molar-refractivity contribution is 0.210. The first-order valence-electron chi connectivity index (χ1n) is 11.8. The van der Waals surface area contributed by atoms with Gasteiger partial charge in [0.15, 0.2) is 0 Å². The lowest BCUT2D eigenvalue weighted by atomic mass is 9.95. The van der Waals surface area contributed by atoms with Crippen LogP contribution in [0.5, 0.6) is 5.75 Å². The molecule has 160 valence electrons. The van der Waals surface area contributed by atoms with Crippen LogP contribution in [-0.4, -0.2) is 6.09 Å². The predicted octanol–water partition coefficient (Wildman–Crippen LogP) is 7.73. The van der Waals surface area contributed by atoms with Crippen LogP contribution in [0.3, 0.4) is 0 Å². The normalized spacial score (nSPS) is 10.9. The third-order valence-electron chi connectivity index (χ3n) is 5.52.